The van der Waals surface area contributed by atoms with E-state index in [4.69, 9.17) is 10.5 Å². The molecule has 0 radical (unpaired) electrons. The molecule has 0 fully saturated rings. The van der Waals surface area contributed by atoms with Crippen molar-refractivity contribution in [2.75, 3.05) is 13.7 Å². The highest BCUT2D eigenvalue weighted by Crippen LogP contribution is 2.16. The van der Waals surface area contributed by atoms with Crippen LogP contribution in [0.3, 0.4) is 0 Å². The zero-order valence-corrected chi connectivity index (χ0v) is 12.6. The number of carbonyl (C=O) groups excluding carboxylic acids is 1. The molecule has 2 unspecified atom stereocenters. The van der Waals surface area contributed by atoms with Crippen molar-refractivity contribution in [2.24, 2.45) is 5.73 Å². The molecule has 0 aliphatic heterocycles. The van der Waals surface area contributed by atoms with E-state index in [1.54, 1.807) is 19.2 Å². The maximum Gasteiger partial charge on any atom is 0.237 e. The molecule has 0 bridgehead atoms. The van der Waals surface area contributed by atoms with Gasteiger partial charge in [0.15, 0.2) is 0 Å². The molecule has 1 aromatic carbocycles. The van der Waals surface area contributed by atoms with Crippen molar-refractivity contribution in [3.8, 4) is 0 Å². The number of ether oxygens (including phenoxy) is 1. The van der Waals surface area contributed by atoms with Gasteiger partial charge in [-0.1, -0.05) is 25.5 Å². The van der Waals surface area contributed by atoms with Gasteiger partial charge in [-0.15, -0.1) is 12.4 Å². The number of rotatable bonds is 7. The maximum absolute atomic E-state index is 12.8. The Hall–Kier alpha value is -1.17. The lowest BCUT2D eigenvalue weighted by Crippen LogP contribution is -2.42. The van der Waals surface area contributed by atoms with Crippen molar-refractivity contribution in [3.05, 3.63) is 35.6 Å². The Balaban J connectivity index is 0.00000361. The molecule has 0 saturated heterocycles. The lowest BCUT2D eigenvalue weighted by atomic mass is 10.1. The third kappa shape index (κ3) is 5.86. The van der Waals surface area contributed by atoms with Crippen LogP contribution in [0.4, 0.5) is 4.39 Å². The molecule has 0 spiro atoms. The predicted molar refractivity (Wildman–Crippen MR) is 79.3 cm³/mol. The highest BCUT2D eigenvalue weighted by Gasteiger charge is 2.15. The van der Waals surface area contributed by atoms with Gasteiger partial charge in [0.2, 0.25) is 5.91 Å². The first-order valence-corrected chi connectivity index (χ1v) is 6.40. The first kappa shape index (κ1) is 18.8. The standard InChI is InChI=1S/C14H21FN2O2.ClH/c1-3-4-12(16)14(18)17-9-13(19-2)10-5-7-11(15)8-6-10;/h5-8,12-13H,3-4,9,16H2,1-2H3,(H,17,18);1H. The van der Waals surface area contributed by atoms with Gasteiger partial charge in [0, 0.05) is 13.7 Å². The molecule has 1 rings (SSSR count). The number of benzene rings is 1. The SMILES string of the molecule is CCCC(N)C(=O)NCC(OC)c1ccc(F)cc1.Cl. The quantitative estimate of drug-likeness (QED) is 0.811. The van der Waals surface area contributed by atoms with Gasteiger partial charge in [-0.3, -0.25) is 4.79 Å². The van der Waals surface area contributed by atoms with E-state index in [0.717, 1.165) is 12.0 Å². The van der Waals surface area contributed by atoms with E-state index < -0.39 is 6.04 Å². The summed E-state index contributed by atoms with van der Waals surface area (Å²) in [5, 5.41) is 2.75. The van der Waals surface area contributed by atoms with Crippen LogP contribution in [0.2, 0.25) is 0 Å². The predicted octanol–water partition coefficient (Wildman–Crippen LogP) is 2.18. The zero-order valence-electron chi connectivity index (χ0n) is 11.8. The van der Waals surface area contributed by atoms with Gasteiger partial charge in [-0.25, -0.2) is 4.39 Å². The molecular weight excluding hydrogens is 283 g/mol. The minimum Gasteiger partial charge on any atom is -0.375 e. The van der Waals surface area contributed by atoms with Crippen molar-refractivity contribution < 1.29 is 13.9 Å². The Morgan fingerprint density at radius 3 is 2.50 bits per heavy atom. The fourth-order valence-corrected chi connectivity index (χ4v) is 1.78. The topological polar surface area (TPSA) is 64.4 Å². The maximum atomic E-state index is 12.8. The Labute approximate surface area is 125 Å². The first-order chi connectivity index (χ1) is 9.08. The number of hydrogen-bond acceptors (Lipinski definition) is 3. The molecule has 0 heterocycles. The van der Waals surface area contributed by atoms with Crippen LogP contribution in [-0.4, -0.2) is 25.6 Å². The smallest absolute Gasteiger partial charge is 0.237 e. The molecule has 1 aromatic rings. The zero-order chi connectivity index (χ0) is 14.3. The number of hydrogen-bond donors (Lipinski definition) is 2. The minimum absolute atomic E-state index is 0. The Morgan fingerprint density at radius 1 is 1.40 bits per heavy atom. The lowest BCUT2D eigenvalue weighted by molar-refractivity contribution is -0.123. The Morgan fingerprint density at radius 2 is 2.00 bits per heavy atom. The second kappa shape index (κ2) is 9.69. The number of carbonyl (C=O) groups is 1. The van der Waals surface area contributed by atoms with Gasteiger partial charge in [0.25, 0.3) is 0 Å². The van der Waals surface area contributed by atoms with Crippen LogP contribution in [0.15, 0.2) is 24.3 Å². The van der Waals surface area contributed by atoms with E-state index in [1.165, 1.54) is 12.1 Å². The van der Waals surface area contributed by atoms with E-state index in [9.17, 15) is 9.18 Å². The van der Waals surface area contributed by atoms with E-state index >= 15 is 0 Å². The molecule has 0 aliphatic carbocycles. The monoisotopic (exact) mass is 304 g/mol. The van der Waals surface area contributed by atoms with Crippen molar-refractivity contribution in [1.29, 1.82) is 0 Å². The fraction of sp³-hybridized carbons (Fsp3) is 0.500. The second-order valence-electron chi connectivity index (χ2n) is 4.42. The Bertz CT molecular complexity index is 401. The summed E-state index contributed by atoms with van der Waals surface area (Å²) in [6.45, 7) is 2.29. The Kier molecular flexibility index (Phi) is 9.12. The summed E-state index contributed by atoms with van der Waals surface area (Å²) in [4.78, 5) is 11.7. The molecule has 1 amide bonds. The largest absolute Gasteiger partial charge is 0.375 e. The molecule has 4 nitrogen and oxygen atoms in total. The van der Waals surface area contributed by atoms with Gasteiger partial charge in [-0.05, 0) is 24.1 Å². The van der Waals surface area contributed by atoms with Crippen LogP contribution in [0, 0.1) is 5.82 Å². The van der Waals surface area contributed by atoms with Crippen molar-refractivity contribution in [1.82, 2.24) is 5.32 Å². The van der Waals surface area contributed by atoms with Crippen LogP contribution >= 0.6 is 12.4 Å². The van der Waals surface area contributed by atoms with Crippen molar-refractivity contribution in [3.63, 3.8) is 0 Å². The highest BCUT2D eigenvalue weighted by molar-refractivity contribution is 5.85. The third-order valence-electron chi connectivity index (χ3n) is 2.92. The average molecular weight is 305 g/mol. The summed E-state index contributed by atoms with van der Waals surface area (Å²) >= 11 is 0. The third-order valence-corrected chi connectivity index (χ3v) is 2.92. The van der Waals surface area contributed by atoms with Crippen molar-refractivity contribution in [2.45, 2.75) is 31.9 Å². The van der Waals surface area contributed by atoms with E-state index in [-0.39, 0.29) is 30.2 Å². The van der Waals surface area contributed by atoms with Gasteiger partial charge in [0.05, 0.1) is 12.1 Å². The number of nitrogens with two attached hydrogens (primary N) is 1. The van der Waals surface area contributed by atoms with Crippen LogP contribution in [0.5, 0.6) is 0 Å². The van der Waals surface area contributed by atoms with Crippen molar-refractivity contribution >= 4 is 18.3 Å². The van der Waals surface area contributed by atoms with E-state index in [0.29, 0.717) is 13.0 Å². The first-order valence-electron chi connectivity index (χ1n) is 6.40. The van der Waals surface area contributed by atoms with Crippen LogP contribution in [0.25, 0.3) is 0 Å². The average Bonchev–Trinajstić information content (AvgIpc) is 2.41. The van der Waals surface area contributed by atoms with Gasteiger partial charge >= 0.3 is 0 Å². The summed E-state index contributed by atoms with van der Waals surface area (Å²) in [5.41, 5.74) is 6.52. The summed E-state index contributed by atoms with van der Waals surface area (Å²) in [6, 6.07) is 5.53. The summed E-state index contributed by atoms with van der Waals surface area (Å²) in [6.07, 6.45) is 1.21. The highest BCUT2D eigenvalue weighted by atomic mass is 35.5. The molecule has 6 heteroatoms. The molecule has 3 N–H and O–H groups in total. The molecule has 0 aliphatic rings. The molecule has 20 heavy (non-hydrogen) atoms. The minimum atomic E-state index is -0.490. The van der Waals surface area contributed by atoms with E-state index in [2.05, 4.69) is 5.32 Å². The number of methoxy groups -OCH3 is 1. The molecule has 0 saturated carbocycles. The van der Waals surface area contributed by atoms with E-state index in [1.807, 2.05) is 6.92 Å². The lowest BCUT2D eigenvalue weighted by Gasteiger charge is -2.18. The normalized spacial score (nSPS) is 13.2. The number of nitrogens with one attached hydrogen (secondary N) is 1. The van der Waals surface area contributed by atoms with Crippen LogP contribution < -0.4 is 11.1 Å². The molecule has 2 atom stereocenters. The van der Waals surface area contributed by atoms with Gasteiger partial charge < -0.3 is 15.8 Å². The summed E-state index contributed by atoms with van der Waals surface area (Å²) in [5.74, 6) is -0.487. The second-order valence-corrected chi connectivity index (χ2v) is 4.42. The number of amides is 1. The van der Waals surface area contributed by atoms with Gasteiger partial charge in [0.1, 0.15) is 5.82 Å². The van der Waals surface area contributed by atoms with Crippen LogP contribution in [0.1, 0.15) is 31.4 Å². The van der Waals surface area contributed by atoms with Gasteiger partial charge in [-0.2, -0.15) is 0 Å². The number of halogens is 2. The molecular formula is C14H22ClFN2O2. The molecule has 0 aromatic heterocycles. The van der Waals surface area contributed by atoms with Crippen LogP contribution in [-0.2, 0) is 9.53 Å². The molecule has 114 valence electrons. The fourth-order valence-electron chi connectivity index (χ4n) is 1.78. The summed E-state index contributed by atoms with van der Waals surface area (Å²) < 4.78 is 18.1. The summed E-state index contributed by atoms with van der Waals surface area (Å²) in [7, 11) is 1.55.